The number of hydrogen-bond acceptors (Lipinski definition) is 5. The average molecular weight is 310 g/mol. The van der Waals surface area contributed by atoms with Crippen LogP contribution in [0.25, 0.3) is 0 Å². The molecule has 0 aromatic carbocycles. The molecule has 0 radical (unpaired) electrons. The Kier molecular flexibility index (Phi) is 4.26. The van der Waals surface area contributed by atoms with Crippen molar-refractivity contribution in [3.8, 4) is 5.88 Å². The number of carbonyl (C=O) groups is 1. The third-order valence-corrected chi connectivity index (χ3v) is 4.03. The van der Waals surface area contributed by atoms with Crippen molar-refractivity contribution in [1.29, 1.82) is 0 Å². The van der Waals surface area contributed by atoms with Gasteiger partial charge in [0.15, 0.2) is 5.82 Å². The van der Waals surface area contributed by atoms with Crippen LogP contribution in [0.3, 0.4) is 0 Å². The lowest BCUT2D eigenvalue weighted by Gasteiger charge is -2.52. The van der Waals surface area contributed by atoms with Crippen molar-refractivity contribution in [2.24, 2.45) is 0 Å². The molecule has 3 rings (SSSR count). The van der Waals surface area contributed by atoms with Crippen molar-refractivity contribution in [1.82, 2.24) is 9.88 Å². The van der Waals surface area contributed by atoms with E-state index in [0.29, 0.717) is 32.5 Å². The number of aromatic nitrogens is 1. The molecule has 2 fully saturated rings. The Bertz CT molecular complexity index is 548. The molecule has 2 aliphatic rings. The first-order valence-electron chi connectivity index (χ1n) is 7.30. The van der Waals surface area contributed by atoms with Gasteiger partial charge >= 0.3 is 0 Å². The maximum atomic E-state index is 13.6. The van der Waals surface area contributed by atoms with Crippen LogP contribution in [0, 0.1) is 5.82 Å². The van der Waals surface area contributed by atoms with Gasteiger partial charge in [0.25, 0.3) is 5.88 Å². The number of pyridine rings is 1. The molecule has 0 aliphatic carbocycles. The topological polar surface area (TPSA) is 60.9 Å². The van der Waals surface area contributed by atoms with Crippen LogP contribution in [-0.4, -0.2) is 60.9 Å². The van der Waals surface area contributed by atoms with Crippen LogP contribution in [0.4, 0.5) is 4.39 Å². The van der Waals surface area contributed by atoms with Crippen LogP contribution in [-0.2, 0) is 14.3 Å². The number of rotatable bonds is 4. The first kappa shape index (κ1) is 15.2. The molecule has 1 atom stereocenters. The van der Waals surface area contributed by atoms with Crippen LogP contribution < -0.4 is 4.74 Å². The van der Waals surface area contributed by atoms with Gasteiger partial charge in [-0.1, -0.05) is 0 Å². The Morgan fingerprint density at radius 3 is 3.14 bits per heavy atom. The summed E-state index contributed by atoms with van der Waals surface area (Å²) >= 11 is 0. The summed E-state index contributed by atoms with van der Waals surface area (Å²) in [5.74, 6) is -0.486. The molecule has 1 spiro atoms. The van der Waals surface area contributed by atoms with Crippen LogP contribution in [0.1, 0.15) is 12.8 Å². The van der Waals surface area contributed by atoms with E-state index < -0.39 is 5.82 Å². The van der Waals surface area contributed by atoms with E-state index in [4.69, 9.17) is 14.2 Å². The molecule has 2 aliphatic heterocycles. The van der Waals surface area contributed by atoms with E-state index in [1.54, 1.807) is 4.90 Å². The summed E-state index contributed by atoms with van der Waals surface area (Å²) in [6, 6.07) is 2.85. The summed E-state index contributed by atoms with van der Waals surface area (Å²) < 4.78 is 29.9. The van der Waals surface area contributed by atoms with Crippen molar-refractivity contribution in [3.63, 3.8) is 0 Å². The van der Waals surface area contributed by atoms with Gasteiger partial charge in [-0.25, -0.2) is 9.37 Å². The molecule has 0 saturated carbocycles. The van der Waals surface area contributed by atoms with Gasteiger partial charge in [-0.3, -0.25) is 4.79 Å². The minimum absolute atomic E-state index is 0.0242. The molecule has 0 bridgehead atoms. The third kappa shape index (κ3) is 3.05. The number of nitrogens with zero attached hydrogens (tertiary/aromatic N) is 2. The Hall–Kier alpha value is -1.73. The lowest BCUT2D eigenvalue weighted by Crippen LogP contribution is -2.68. The third-order valence-electron chi connectivity index (χ3n) is 4.03. The highest BCUT2D eigenvalue weighted by atomic mass is 19.1. The average Bonchev–Trinajstić information content (AvgIpc) is 2.47. The fourth-order valence-corrected chi connectivity index (χ4v) is 2.96. The summed E-state index contributed by atoms with van der Waals surface area (Å²) in [5.41, 5.74) is -0.377. The number of methoxy groups -OCH3 is 1. The van der Waals surface area contributed by atoms with Gasteiger partial charge in [-0.2, -0.15) is 0 Å². The molecule has 1 amide bonds. The SMILES string of the molecule is COCC(=O)N1CC2(CC(Oc3ncccc3F)CCO2)C1. The van der Waals surface area contributed by atoms with Gasteiger partial charge in [-0.05, 0) is 12.1 Å². The second-order valence-electron chi connectivity index (χ2n) is 5.74. The van der Waals surface area contributed by atoms with Gasteiger partial charge in [0.2, 0.25) is 5.91 Å². The van der Waals surface area contributed by atoms with Crippen LogP contribution in [0.15, 0.2) is 18.3 Å². The van der Waals surface area contributed by atoms with Crippen molar-refractivity contribution >= 4 is 5.91 Å². The van der Waals surface area contributed by atoms with Crippen LogP contribution in [0.2, 0.25) is 0 Å². The summed E-state index contributed by atoms with van der Waals surface area (Å²) in [5, 5.41) is 0. The molecule has 1 aromatic heterocycles. The Balaban J connectivity index is 1.57. The quantitative estimate of drug-likeness (QED) is 0.830. The van der Waals surface area contributed by atoms with E-state index in [1.165, 1.54) is 25.4 Å². The minimum Gasteiger partial charge on any atom is -0.472 e. The standard InChI is InChI=1S/C15H19FN2O4/c1-20-8-13(19)18-9-15(10-18)7-11(4-6-21-15)22-14-12(16)3-2-5-17-14/h2-3,5,11H,4,6-10H2,1H3. The molecule has 22 heavy (non-hydrogen) atoms. The lowest BCUT2D eigenvalue weighted by molar-refractivity contribution is -0.195. The molecule has 3 heterocycles. The zero-order valence-corrected chi connectivity index (χ0v) is 12.5. The Labute approximate surface area is 128 Å². The van der Waals surface area contributed by atoms with E-state index in [1.807, 2.05) is 0 Å². The van der Waals surface area contributed by atoms with Gasteiger partial charge in [0.1, 0.15) is 18.3 Å². The molecule has 2 saturated heterocycles. The Morgan fingerprint density at radius 2 is 2.41 bits per heavy atom. The summed E-state index contributed by atoms with van der Waals surface area (Å²) in [6.45, 7) is 1.67. The number of halogens is 1. The number of hydrogen-bond donors (Lipinski definition) is 0. The maximum Gasteiger partial charge on any atom is 0.250 e. The molecule has 7 heteroatoms. The number of ether oxygens (including phenoxy) is 3. The molecule has 6 nitrogen and oxygen atoms in total. The normalized spacial score (nSPS) is 23.2. The van der Waals surface area contributed by atoms with E-state index in [0.717, 1.165) is 0 Å². The van der Waals surface area contributed by atoms with Crippen LogP contribution >= 0.6 is 0 Å². The van der Waals surface area contributed by atoms with Gasteiger partial charge < -0.3 is 19.1 Å². The summed E-state index contributed by atoms with van der Waals surface area (Å²) in [6.07, 6.45) is 2.66. The smallest absolute Gasteiger partial charge is 0.250 e. The first-order chi connectivity index (χ1) is 10.6. The van der Waals surface area contributed by atoms with Crippen molar-refractivity contribution < 1.29 is 23.4 Å². The number of likely N-dealkylation sites (tertiary alicyclic amines) is 1. The highest BCUT2D eigenvalue weighted by Crippen LogP contribution is 2.35. The monoisotopic (exact) mass is 310 g/mol. The minimum atomic E-state index is -0.464. The fraction of sp³-hybridized carbons (Fsp3) is 0.600. The Morgan fingerprint density at radius 1 is 1.59 bits per heavy atom. The highest BCUT2D eigenvalue weighted by Gasteiger charge is 2.49. The zero-order valence-electron chi connectivity index (χ0n) is 12.5. The predicted molar refractivity (Wildman–Crippen MR) is 75.0 cm³/mol. The van der Waals surface area contributed by atoms with E-state index in [-0.39, 0.29) is 30.1 Å². The molecule has 120 valence electrons. The van der Waals surface area contributed by atoms with Gasteiger partial charge in [-0.15, -0.1) is 0 Å². The van der Waals surface area contributed by atoms with Gasteiger partial charge in [0, 0.05) is 26.1 Å². The lowest BCUT2D eigenvalue weighted by atomic mass is 9.84. The highest BCUT2D eigenvalue weighted by molar-refractivity contribution is 5.78. The largest absolute Gasteiger partial charge is 0.472 e. The fourth-order valence-electron chi connectivity index (χ4n) is 2.96. The number of carbonyl (C=O) groups excluding carboxylic acids is 1. The maximum absolute atomic E-state index is 13.6. The summed E-state index contributed by atoms with van der Waals surface area (Å²) in [7, 11) is 1.50. The van der Waals surface area contributed by atoms with Crippen molar-refractivity contribution in [2.45, 2.75) is 24.5 Å². The second kappa shape index (κ2) is 6.18. The van der Waals surface area contributed by atoms with Crippen molar-refractivity contribution in [2.75, 3.05) is 33.4 Å². The zero-order chi connectivity index (χ0) is 15.6. The first-order valence-corrected chi connectivity index (χ1v) is 7.30. The molecular weight excluding hydrogens is 291 g/mol. The summed E-state index contributed by atoms with van der Waals surface area (Å²) in [4.78, 5) is 17.3. The van der Waals surface area contributed by atoms with Gasteiger partial charge in [0.05, 0.1) is 19.7 Å². The molecule has 1 aromatic rings. The number of amides is 1. The van der Waals surface area contributed by atoms with E-state index in [9.17, 15) is 9.18 Å². The van der Waals surface area contributed by atoms with Crippen molar-refractivity contribution in [3.05, 3.63) is 24.1 Å². The molecule has 0 N–H and O–H groups in total. The van der Waals surface area contributed by atoms with E-state index >= 15 is 0 Å². The second-order valence-corrected chi connectivity index (χ2v) is 5.74. The van der Waals surface area contributed by atoms with Crippen LogP contribution in [0.5, 0.6) is 5.88 Å². The molecule has 1 unspecified atom stereocenters. The molecular formula is C15H19FN2O4. The predicted octanol–water partition coefficient (Wildman–Crippen LogP) is 1.01. The van der Waals surface area contributed by atoms with E-state index in [2.05, 4.69) is 4.98 Å².